The van der Waals surface area contributed by atoms with Crippen LogP contribution in [0.25, 0.3) is 11.4 Å². The Bertz CT molecular complexity index is 745. The monoisotopic (exact) mass is 313 g/mol. The summed E-state index contributed by atoms with van der Waals surface area (Å²) in [4.78, 5) is 0.277. The van der Waals surface area contributed by atoms with Crippen LogP contribution in [0, 0.1) is 4.77 Å². The Balaban J connectivity index is 2.40. The van der Waals surface area contributed by atoms with E-state index in [9.17, 15) is 8.42 Å². The molecule has 0 saturated carbocycles. The Kier molecular flexibility index (Phi) is 4.36. The van der Waals surface area contributed by atoms with Gasteiger partial charge < -0.3 is 4.74 Å². The minimum atomic E-state index is -3.20. The summed E-state index contributed by atoms with van der Waals surface area (Å²) in [5, 5.41) is 6.90. The zero-order valence-electron chi connectivity index (χ0n) is 11.2. The Morgan fingerprint density at radius 2 is 2.00 bits per heavy atom. The number of sulfone groups is 1. The first-order valence-corrected chi connectivity index (χ1v) is 8.18. The van der Waals surface area contributed by atoms with Gasteiger partial charge in [0, 0.05) is 18.9 Å². The van der Waals surface area contributed by atoms with Gasteiger partial charge in [-0.3, -0.25) is 9.67 Å². The average Bonchev–Trinajstić information content (AvgIpc) is 2.77. The van der Waals surface area contributed by atoms with Gasteiger partial charge >= 0.3 is 0 Å². The molecule has 0 spiro atoms. The Hall–Kier alpha value is -1.51. The van der Waals surface area contributed by atoms with Crippen LogP contribution in [-0.4, -0.2) is 43.2 Å². The fraction of sp³-hybridized carbons (Fsp3) is 0.333. The zero-order valence-corrected chi connectivity index (χ0v) is 12.8. The average molecular weight is 313 g/mol. The lowest BCUT2D eigenvalue weighted by molar-refractivity contribution is 0.187. The lowest BCUT2D eigenvalue weighted by atomic mass is 10.2. The van der Waals surface area contributed by atoms with Crippen molar-refractivity contribution < 1.29 is 13.2 Å². The van der Waals surface area contributed by atoms with Gasteiger partial charge in [0.1, 0.15) is 0 Å². The summed E-state index contributed by atoms with van der Waals surface area (Å²) in [6.07, 6.45) is 1.18. The van der Waals surface area contributed by atoms with Crippen LogP contribution in [0.15, 0.2) is 29.2 Å². The number of nitrogens with one attached hydrogen (secondary N) is 1. The number of nitrogens with zero attached hydrogens (tertiary/aromatic N) is 2. The highest BCUT2D eigenvalue weighted by Crippen LogP contribution is 2.19. The molecular formula is C12H15N3O3S2. The van der Waals surface area contributed by atoms with Crippen LogP contribution in [0.4, 0.5) is 0 Å². The molecule has 1 aromatic carbocycles. The fourth-order valence-corrected chi connectivity index (χ4v) is 2.63. The van der Waals surface area contributed by atoms with Crippen LogP contribution in [0.5, 0.6) is 0 Å². The number of H-pyrrole nitrogens is 1. The second kappa shape index (κ2) is 5.86. The summed E-state index contributed by atoms with van der Waals surface area (Å²) in [6, 6.07) is 6.54. The van der Waals surface area contributed by atoms with Crippen molar-refractivity contribution in [1.82, 2.24) is 14.8 Å². The highest BCUT2D eigenvalue weighted by atomic mass is 32.2. The smallest absolute Gasteiger partial charge is 0.195 e. The van der Waals surface area contributed by atoms with E-state index >= 15 is 0 Å². The maximum atomic E-state index is 11.4. The molecule has 2 aromatic rings. The highest BCUT2D eigenvalue weighted by molar-refractivity contribution is 7.90. The molecule has 0 aliphatic carbocycles. The molecule has 0 saturated heterocycles. The van der Waals surface area contributed by atoms with Crippen LogP contribution in [0.3, 0.4) is 0 Å². The van der Waals surface area contributed by atoms with Gasteiger partial charge in [0.2, 0.25) is 0 Å². The summed E-state index contributed by atoms with van der Waals surface area (Å²) in [5.41, 5.74) is 0.792. The Labute approximate surface area is 122 Å². The van der Waals surface area contributed by atoms with E-state index in [0.717, 1.165) is 5.56 Å². The number of aromatic amines is 1. The van der Waals surface area contributed by atoms with Crippen molar-refractivity contribution in [2.45, 2.75) is 11.4 Å². The number of methoxy groups -OCH3 is 1. The standard InChI is InChI=1S/C12H15N3O3S2/c1-18-8-7-15-11(13-14-12(15)19)9-3-5-10(6-4-9)20(2,16)17/h3-6H,7-8H2,1-2H3,(H,14,19). The number of benzene rings is 1. The predicted molar refractivity (Wildman–Crippen MR) is 77.8 cm³/mol. The third-order valence-corrected chi connectivity index (χ3v) is 4.26. The van der Waals surface area contributed by atoms with Gasteiger partial charge in [-0.15, -0.1) is 0 Å². The summed E-state index contributed by atoms with van der Waals surface area (Å²) >= 11 is 5.16. The molecule has 108 valence electrons. The largest absolute Gasteiger partial charge is 0.383 e. The quantitative estimate of drug-likeness (QED) is 0.850. The fourth-order valence-electron chi connectivity index (χ4n) is 1.78. The van der Waals surface area contributed by atoms with E-state index in [-0.39, 0.29) is 4.90 Å². The second-order valence-corrected chi connectivity index (χ2v) is 6.70. The third-order valence-electron chi connectivity index (χ3n) is 2.82. The highest BCUT2D eigenvalue weighted by Gasteiger charge is 2.11. The first kappa shape index (κ1) is 14.9. The number of hydrogen-bond acceptors (Lipinski definition) is 5. The number of aromatic nitrogens is 3. The molecule has 1 heterocycles. The van der Waals surface area contributed by atoms with E-state index < -0.39 is 9.84 Å². The van der Waals surface area contributed by atoms with Crippen LogP contribution in [0.1, 0.15) is 0 Å². The summed E-state index contributed by atoms with van der Waals surface area (Å²) in [7, 11) is -1.58. The number of rotatable bonds is 5. The SMILES string of the molecule is COCCn1c(-c2ccc(S(C)(=O)=O)cc2)n[nH]c1=S. The first-order valence-electron chi connectivity index (χ1n) is 5.88. The van der Waals surface area contributed by atoms with E-state index in [1.807, 2.05) is 4.57 Å². The molecule has 1 N–H and O–H groups in total. The van der Waals surface area contributed by atoms with Gasteiger partial charge in [-0.05, 0) is 36.5 Å². The lowest BCUT2D eigenvalue weighted by Gasteiger charge is -2.06. The molecular weight excluding hydrogens is 298 g/mol. The van der Waals surface area contributed by atoms with Crippen molar-refractivity contribution >= 4 is 22.1 Å². The van der Waals surface area contributed by atoms with Crippen LogP contribution >= 0.6 is 12.2 Å². The lowest BCUT2D eigenvalue weighted by Crippen LogP contribution is -2.06. The van der Waals surface area contributed by atoms with Gasteiger partial charge in [0.05, 0.1) is 18.0 Å². The van der Waals surface area contributed by atoms with Crippen molar-refractivity contribution in [2.75, 3.05) is 20.0 Å². The molecule has 0 radical (unpaired) electrons. The third kappa shape index (κ3) is 3.14. The maximum Gasteiger partial charge on any atom is 0.195 e. The topological polar surface area (TPSA) is 77.0 Å². The predicted octanol–water partition coefficient (Wildman–Crippen LogP) is 1.66. The van der Waals surface area contributed by atoms with E-state index in [0.29, 0.717) is 23.7 Å². The normalized spacial score (nSPS) is 11.7. The summed E-state index contributed by atoms with van der Waals surface area (Å²) < 4.78 is 30.2. The van der Waals surface area contributed by atoms with E-state index in [2.05, 4.69) is 10.2 Å². The molecule has 8 heteroatoms. The van der Waals surface area contributed by atoms with Crippen molar-refractivity contribution in [2.24, 2.45) is 0 Å². The molecule has 0 aliphatic rings. The molecule has 0 atom stereocenters. The molecule has 6 nitrogen and oxygen atoms in total. The van der Waals surface area contributed by atoms with Crippen molar-refractivity contribution in [3.8, 4) is 11.4 Å². The van der Waals surface area contributed by atoms with E-state index in [4.69, 9.17) is 17.0 Å². The number of ether oxygens (including phenoxy) is 1. The maximum absolute atomic E-state index is 11.4. The zero-order chi connectivity index (χ0) is 14.8. The van der Waals surface area contributed by atoms with Crippen molar-refractivity contribution in [3.63, 3.8) is 0 Å². The van der Waals surface area contributed by atoms with Gasteiger partial charge in [-0.25, -0.2) is 8.42 Å². The van der Waals surface area contributed by atoms with Gasteiger partial charge in [-0.2, -0.15) is 5.10 Å². The van der Waals surface area contributed by atoms with Crippen LogP contribution < -0.4 is 0 Å². The van der Waals surface area contributed by atoms with Gasteiger partial charge in [-0.1, -0.05) is 0 Å². The molecule has 0 fully saturated rings. The molecule has 2 rings (SSSR count). The number of hydrogen-bond donors (Lipinski definition) is 1. The molecule has 1 aromatic heterocycles. The molecule has 0 bridgehead atoms. The molecule has 0 amide bonds. The van der Waals surface area contributed by atoms with Gasteiger partial charge in [0.15, 0.2) is 20.4 Å². The molecule has 0 unspecified atom stereocenters. The van der Waals surface area contributed by atoms with Crippen LogP contribution in [0.2, 0.25) is 0 Å². The molecule has 0 aliphatic heterocycles. The second-order valence-electron chi connectivity index (χ2n) is 4.29. The summed E-state index contributed by atoms with van der Waals surface area (Å²) in [6.45, 7) is 1.09. The van der Waals surface area contributed by atoms with E-state index in [1.54, 1.807) is 31.4 Å². The van der Waals surface area contributed by atoms with E-state index in [1.165, 1.54) is 6.26 Å². The van der Waals surface area contributed by atoms with Gasteiger partial charge in [0.25, 0.3) is 0 Å². The summed E-state index contributed by atoms with van der Waals surface area (Å²) in [5.74, 6) is 0.659. The Morgan fingerprint density at radius 1 is 1.35 bits per heavy atom. The van der Waals surface area contributed by atoms with Crippen LogP contribution in [-0.2, 0) is 21.1 Å². The minimum Gasteiger partial charge on any atom is -0.383 e. The molecule has 20 heavy (non-hydrogen) atoms. The van der Waals surface area contributed by atoms with Crippen molar-refractivity contribution in [1.29, 1.82) is 0 Å². The Morgan fingerprint density at radius 3 is 2.55 bits per heavy atom. The minimum absolute atomic E-state index is 0.277. The first-order chi connectivity index (χ1) is 9.43. The van der Waals surface area contributed by atoms with Crippen molar-refractivity contribution in [3.05, 3.63) is 29.0 Å².